The molecule has 2 unspecified atom stereocenters. The summed E-state index contributed by atoms with van der Waals surface area (Å²) in [6.07, 6.45) is -0.161. The molecule has 2 heterocycles. The van der Waals surface area contributed by atoms with Crippen molar-refractivity contribution in [3.63, 3.8) is 0 Å². The first-order valence-corrected chi connectivity index (χ1v) is 14.9. The van der Waals surface area contributed by atoms with Gasteiger partial charge in [0.15, 0.2) is 0 Å². The summed E-state index contributed by atoms with van der Waals surface area (Å²) in [5.74, 6) is -1.88. The number of methoxy groups -OCH3 is 1. The fourth-order valence-electron chi connectivity index (χ4n) is 5.05. The van der Waals surface area contributed by atoms with Crippen LogP contribution in [-0.2, 0) is 19.6 Å². The molecule has 11 nitrogen and oxygen atoms in total. The summed E-state index contributed by atoms with van der Waals surface area (Å²) in [6, 6.07) is 10.6. The van der Waals surface area contributed by atoms with E-state index in [9.17, 15) is 27.2 Å². The van der Waals surface area contributed by atoms with E-state index in [2.05, 4.69) is 15.0 Å². The molecule has 3 aromatic rings. The van der Waals surface area contributed by atoms with E-state index in [1.165, 1.54) is 41.8 Å². The molecule has 1 aromatic heterocycles. The molecule has 0 radical (unpaired) electrons. The van der Waals surface area contributed by atoms with E-state index < -0.39 is 49.8 Å². The van der Waals surface area contributed by atoms with Gasteiger partial charge in [-0.1, -0.05) is 6.07 Å². The maximum absolute atomic E-state index is 14.7. The van der Waals surface area contributed by atoms with Crippen LogP contribution in [0.1, 0.15) is 43.1 Å². The summed E-state index contributed by atoms with van der Waals surface area (Å²) in [5, 5.41) is 2.94. The van der Waals surface area contributed by atoms with E-state index >= 15 is 0 Å². The number of likely N-dealkylation sites (N-methyl/N-ethyl adjacent to an activating group) is 1. The number of anilines is 2. The standard InChI is InChI=1S/C26H27FIN5O6S/c1-14-21-20(22(32(2)24(14)35)29-19-8-7-15(28)11-18(19)27)23(34)30-25(36)33(21)17-6-4-5-16(12-17)31-40(37,38)26(9-10-26)13-39-3/h4-8,11-12,14,22,29,31H,9-10,13H2,1-3H3,(H,30,34,36). The Bertz CT molecular complexity index is 1740. The van der Waals surface area contributed by atoms with Crippen molar-refractivity contribution in [3.05, 3.63) is 83.9 Å². The number of carbonyl (C=O) groups is 1. The summed E-state index contributed by atoms with van der Waals surface area (Å²) in [6.45, 7) is 1.63. The van der Waals surface area contributed by atoms with Gasteiger partial charge >= 0.3 is 5.69 Å². The van der Waals surface area contributed by atoms with Crippen LogP contribution in [0.15, 0.2) is 52.1 Å². The Hall–Kier alpha value is -3.24. The third-order valence-electron chi connectivity index (χ3n) is 7.34. The lowest BCUT2D eigenvalue weighted by molar-refractivity contribution is -0.134. The Morgan fingerprint density at radius 1 is 1.18 bits per heavy atom. The summed E-state index contributed by atoms with van der Waals surface area (Å²) in [4.78, 5) is 43.3. The molecular weight excluding hydrogens is 656 g/mol. The minimum atomic E-state index is -3.80. The van der Waals surface area contributed by atoms with Gasteiger partial charge in [0.05, 0.1) is 40.8 Å². The number of aromatic amines is 1. The van der Waals surface area contributed by atoms with Gasteiger partial charge in [-0.15, -0.1) is 0 Å². The molecule has 0 spiro atoms. The summed E-state index contributed by atoms with van der Waals surface area (Å²) in [7, 11) is -0.872. The number of carbonyl (C=O) groups excluding carboxylic acids is 1. The number of benzene rings is 2. The molecule has 0 bridgehead atoms. The van der Waals surface area contributed by atoms with E-state index in [-0.39, 0.29) is 34.9 Å². The van der Waals surface area contributed by atoms with Gasteiger partial charge < -0.3 is 15.0 Å². The maximum atomic E-state index is 14.7. The predicted molar refractivity (Wildman–Crippen MR) is 156 cm³/mol. The number of fused-ring (bicyclic) bond motifs is 1. The highest BCUT2D eigenvalue weighted by atomic mass is 127. The fourth-order valence-corrected chi connectivity index (χ4v) is 7.06. The van der Waals surface area contributed by atoms with E-state index in [1.54, 1.807) is 31.2 Å². The highest BCUT2D eigenvalue weighted by Crippen LogP contribution is 2.44. The van der Waals surface area contributed by atoms with Gasteiger partial charge in [-0.25, -0.2) is 17.6 Å². The van der Waals surface area contributed by atoms with E-state index in [1.807, 2.05) is 22.6 Å². The van der Waals surface area contributed by atoms with Crippen LogP contribution in [0.25, 0.3) is 5.69 Å². The third-order valence-corrected chi connectivity index (χ3v) is 10.2. The van der Waals surface area contributed by atoms with Crippen molar-refractivity contribution >= 4 is 49.9 Å². The van der Waals surface area contributed by atoms with E-state index in [0.717, 1.165) is 0 Å². The Labute approximate surface area is 242 Å². The lowest BCUT2D eigenvalue weighted by atomic mass is 9.93. The second-order valence-corrected chi connectivity index (χ2v) is 13.3. The predicted octanol–water partition coefficient (Wildman–Crippen LogP) is 2.88. The quantitative estimate of drug-likeness (QED) is 0.310. The zero-order valence-corrected chi connectivity index (χ0v) is 24.8. The topological polar surface area (TPSA) is 143 Å². The van der Waals surface area contributed by atoms with Gasteiger partial charge in [0.25, 0.3) is 5.56 Å². The van der Waals surface area contributed by atoms with Crippen LogP contribution in [0, 0.1) is 9.39 Å². The van der Waals surface area contributed by atoms with Gasteiger partial charge in [0, 0.05) is 17.7 Å². The van der Waals surface area contributed by atoms with Crippen LogP contribution in [0.3, 0.4) is 0 Å². The second-order valence-electron chi connectivity index (χ2n) is 10.0. The van der Waals surface area contributed by atoms with Gasteiger partial charge in [0.2, 0.25) is 15.9 Å². The molecule has 1 fully saturated rings. The van der Waals surface area contributed by atoms with Crippen molar-refractivity contribution in [1.29, 1.82) is 0 Å². The Balaban J connectivity index is 1.62. The normalized spacial score (nSPS) is 19.7. The number of aromatic nitrogens is 2. The average Bonchev–Trinajstić information content (AvgIpc) is 3.68. The second kappa shape index (κ2) is 10.3. The van der Waals surface area contributed by atoms with Crippen LogP contribution < -0.4 is 21.3 Å². The van der Waals surface area contributed by atoms with Crippen LogP contribution in [0.4, 0.5) is 15.8 Å². The number of sulfonamides is 1. The highest BCUT2D eigenvalue weighted by Gasteiger charge is 2.55. The van der Waals surface area contributed by atoms with Crippen LogP contribution in [-0.4, -0.2) is 54.3 Å². The summed E-state index contributed by atoms with van der Waals surface area (Å²) >= 11 is 1.97. The van der Waals surface area contributed by atoms with E-state index in [4.69, 9.17) is 4.74 Å². The largest absolute Gasteiger partial charge is 0.383 e. The number of halogens is 2. The van der Waals surface area contributed by atoms with Crippen molar-refractivity contribution in [2.75, 3.05) is 30.8 Å². The highest BCUT2D eigenvalue weighted by molar-refractivity contribution is 14.1. The molecule has 1 saturated carbocycles. The first-order chi connectivity index (χ1) is 18.9. The summed E-state index contributed by atoms with van der Waals surface area (Å²) < 4.78 is 49.4. The van der Waals surface area contributed by atoms with Crippen LogP contribution in [0.5, 0.6) is 0 Å². The number of H-pyrrole nitrogens is 1. The minimum Gasteiger partial charge on any atom is -0.383 e. The fraction of sp³-hybridized carbons (Fsp3) is 0.346. The first kappa shape index (κ1) is 28.3. The lowest BCUT2D eigenvalue weighted by Crippen LogP contribution is -2.49. The third kappa shape index (κ3) is 4.81. The zero-order chi connectivity index (χ0) is 29.0. The van der Waals surface area contributed by atoms with Crippen molar-refractivity contribution in [2.24, 2.45) is 0 Å². The zero-order valence-electron chi connectivity index (χ0n) is 21.8. The smallest absolute Gasteiger partial charge is 0.333 e. The Morgan fingerprint density at radius 3 is 2.55 bits per heavy atom. The molecule has 3 N–H and O–H groups in total. The molecular formula is C26H27FIN5O6S. The molecule has 2 atom stereocenters. The summed E-state index contributed by atoms with van der Waals surface area (Å²) in [5.41, 5.74) is -0.826. The molecule has 40 heavy (non-hydrogen) atoms. The van der Waals surface area contributed by atoms with Gasteiger partial charge in [-0.2, -0.15) is 0 Å². The first-order valence-electron chi connectivity index (χ1n) is 12.4. The molecule has 2 aliphatic rings. The number of ether oxygens (including phenoxy) is 1. The van der Waals surface area contributed by atoms with Gasteiger partial charge in [-0.3, -0.25) is 23.9 Å². The minimum absolute atomic E-state index is 0.0532. The molecule has 1 aliphatic heterocycles. The van der Waals surface area contributed by atoms with Crippen molar-refractivity contribution in [2.45, 2.75) is 36.6 Å². The molecule has 14 heteroatoms. The Morgan fingerprint density at radius 2 is 1.90 bits per heavy atom. The number of hydrogen-bond acceptors (Lipinski definition) is 7. The molecule has 1 aliphatic carbocycles. The molecule has 0 saturated heterocycles. The molecule has 1 amide bonds. The van der Waals surface area contributed by atoms with Crippen LogP contribution >= 0.6 is 22.6 Å². The van der Waals surface area contributed by atoms with Crippen molar-refractivity contribution in [1.82, 2.24) is 14.5 Å². The number of nitrogens with one attached hydrogen (secondary N) is 3. The van der Waals surface area contributed by atoms with Gasteiger partial charge in [-0.05, 0) is 78.8 Å². The number of rotatable bonds is 8. The average molecular weight is 683 g/mol. The number of hydrogen-bond donors (Lipinski definition) is 3. The van der Waals surface area contributed by atoms with E-state index in [0.29, 0.717) is 16.4 Å². The SMILES string of the molecule is COCC1(S(=O)(=O)Nc2cccc(-n3c4c(c(=O)[nH]c3=O)C(Nc3ccc(I)cc3F)N(C)C(=O)C4C)c2)CC1. The molecule has 212 valence electrons. The van der Waals surface area contributed by atoms with Crippen molar-refractivity contribution in [3.8, 4) is 5.69 Å². The van der Waals surface area contributed by atoms with Crippen molar-refractivity contribution < 1.29 is 22.3 Å². The monoisotopic (exact) mass is 683 g/mol. The maximum Gasteiger partial charge on any atom is 0.333 e. The number of nitrogens with zero attached hydrogens (tertiary/aromatic N) is 2. The molecule has 5 rings (SSSR count). The van der Waals surface area contributed by atoms with Crippen LogP contribution in [0.2, 0.25) is 0 Å². The lowest BCUT2D eigenvalue weighted by Gasteiger charge is -2.38. The number of amides is 1. The molecule has 2 aromatic carbocycles. The Kier molecular flexibility index (Phi) is 7.29. The van der Waals surface area contributed by atoms with Gasteiger partial charge in [0.1, 0.15) is 16.7 Å².